The van der Waals surface area contributed by atoms with Gasteiger partial charge < -0.3 is 10.4 Å². The molecule has 2 aliphatic heterocycles. The normalized spacial score (nSPS) is 19.4. The Morgan fingerprint density at radius 1 is 1.04 bits per heavy atom. The van der Waals surface area contributed by atoms with Gasteiger partial charge in [-0.2, -0.15) is 0 Å². The molecule has 4 nitrogen and oxygen atoms in total. The van der Waals surface area contributed by atoms with Crippen molar-refractivity contribution in [2.24, 2.45) is 5.92 Å². The molecular weight excluding hydrogens is 371 g/mol. The molecule has 2 aliphatic rings. The maximum Gasteiger partial charge on any atom is 0.303 e. The largest absolute Gasteiger partial charge is 0.481 e. The zero-order valence-corrected chi connectivity index (χ0v) is 17.0. The van der Waals surface area contributed by atoms with Crippen LogP contribution in [0.1, 0.15) is 55.6 Å². The minimum absolute atomic E-state index is 0. The van der Waals surface area contributed by atoms with Crippen LogP contribution in [0, 0.1) is 5.92 Å². The molecule has 1 aromatic carbocycles. The monoisotopic (exact) mass is 402 g/mol. The van der Waals surface area contributed by atoms with Crippen molar-refractivity contribution < 1.29 is 9.90 Å². The van der Waals surface area contributed by atoms with Gasteiger partial charge in [-0.15, -0.1) is 24.8 Å². The van der Waals surface area contributed by atoms with Crippen LogP contribution in [-0.2, 0) is 11.3 Å². The topological polar surface area (TPSA) is 52.6 Å². The van der Waals surface area contributed by atoms with Crippen molar-refractivity contribution in [1.82, 2.24) is 10.2 Å². The number of likely N-dealkylation sites (tertiary alicyclic amines) is 1. The number of nitrogens with one attached hydrogen (secondary N) is 1. The third kappa shape index (κ3) is 7.07. The van der Waals surface area contributed by atoms with Gasteiger partial charge in [-0.25, -0.2) is 0 Å². The van der Waals surface area contributed by atoms with Gasteiger partial charge in [0.05, 0.1) is 0 Å². The van der Waals surface area contributed by atoms with Crippen LogP contribution in [0.25, 0.3) is 0 Å². The summed E-state index contributed by atoms with van der Waals surface area (Å²) in [4.78, 5) is 13.2. The lowest BCUT2D eigenvalue weighted by Crippen LogP contribution is -2.33. The summed E-state index contributed by atoms with van der Waals surface area (Å²) in [5.41, 5.74) is 2.89. The Labute approximate surface area is 169 Å². The molecule has 3 rings (SSSR count). The molecule has 0 unspecified atom stereocenters. The number of nitrogens with zero attached hydrogens (tertiary/aromatic N) is 1. The van der Waals surface area contributed by atoms with E-state index in [4.69, 9.17) is 5.11 Å². The summed E-state index contributed by atoms with van der Waals surface area (Å²) in [6.07, 6.45) is 5.95. The van der Waals surface area contributed by atoms with E-state index in [0.717, 1.165) is 57.9 Å². The summed E-state index contributed by atoms with van der Waals surface area (Å²) in [5, 5.41) is 12.2. The van der Waals surface area contributed by atoms with Crippen molar-refractivity contribution >= 4 is 30.8 Å². The average molecular weight is 403 g/mol. The van der Waals surface area contributed by atoms with Crippen LogP contribution in [0.4, 0.5) is 0 Å². The predicted molar refractivity (Wildman–Crippen MR) is 111 cm³/mol. The number of rotatable bonds is 6. The molecule has 2 saturated heterocycles. The van der Waals surface area contributed by atoms with E-state index in [1.807, 2.05) is 0 Å². The first-order valence-electron chi connectivity index (χ1n) is 9.44. The minimum Gasteiger partial charge on any atom is -0.481 e. The first kappa shape index (κ1) is 23.2. The second-order valence-corrected chi connectivity index (χ2v) is 7.42. The number of aliphatic carboxylic acids is 1. The predicted octanol–water partition coefficient (Wildman–Crippen LogP) is 4.07. The molecule has 2 N–H and O–H groups in total. The molecule has 26 heavy (non-hydrogen) atoms. The summed E-state index contributed by atoms with van der Waals surface area (Å²) in [5.74, 6) is 0.663. The van der Waals surface area contributed by atoms with Gasteiger partial charge in [0.25, 0.3) is 0 Å². The quantitative estimate of drug-likeness (QED) is 0.752. The van der Waals surface area contributed by atoms with Gasteiger partial charge in [0, 0.05) is 13.0 Å². The van der Waals surface area contributed by atoms with Gasteiger partial charge in [-0.05, 0) is 81.2 Å². The molecular formula is C20H32Cl2N2O2. The summed E-state index contributed by atoms with van der Waals surface area (Å²) in [6.45, 7) is 5.51. The molecule has 0 atom stereocenters. The molecule has 0 aromatic heterocycles. The summed E-state index contributed by atoms with van der Waals surface area (Å²) in [7, 11) is 0. The van der Waals surface area contributed by atoms with Gasteiger partial charge in [0.2, 0.25) is 0 Å². The molecule has 2 heterocycles. The third-order valence-corrected chi connectivity index (χ3v) is 5.67. The van der Waals surface area contributed by atoms with Gasteiger partial charge in [-0.3, -0.25) is 9.69 Å². The van der Waals surface area contributed by atoms with Crippen LogP contribution >= 0.6 is 24.8 Å². The molecule has 0 amide bonds. The van der Waals surface area contributed by atoms with Crippen LogP contribution in [0.5, 0.6) is 0 Å². The van der Waals surface area contributed by atoms with E-state index in [-0.39, 0.29) is 24.8 Å². The molecule has 0 radical (unpaired) electrons. The van der Waals surface area contributed by atoms with Crippen molar-refractivity contribution in [3.63, 3.8) is 0 Å². The van der Waals surface area contributed by atoms with E-state index in [0.29, 0.717) is 12.3 Å². The first-order valence-corrected chi connectivity index (χ1v) is 9.44. The zero-order chi connectivity index (χ0) is 16.8. The molecule has 0 bridgehead atoms. The van der Waals surface area contributed by atoms with Crippen LogP contribution < -0.4 is 5.32 Å². The van der Waals surface area contributed by atoms with Gasteiger partial charge in [-0.1, -0.05) is 24.3 Å². The Morgan fingerprint density at radius 2 is 1.65 bits per heavy atom. The Morgan fingerprint density at radius 3 is 2.23 bits per heavy atom. The Bertz CT molecular complexity index is 525. The minimum atomic E-state index is -0.661. The molecule has 6 heteroatoms. The number of hydrogen-bond donors (Lipinski definition) is 2. The fourth-order valence-electron chi connectivity index (χ4n) is 4.07. The van der Waals surface area contributed by atoms with E-state index in [2.05, 4.69) is 34.5 Å². The third-order valence-electron chi connectivity index (χ3n) is 5.67. The highest BCUT2D eigenvalue weighted by Crippen LogP contribution is 2.26. The maximum atomic E-state index is 10.7. The average Bonchev–Trinajstić information content (AvgIpc) is 2.62. The van der Waals surface area contributed by atoms with E-state index < -0.39 is 5.97 Å². The highest BCUT2D eigenvalue weighted by molar-refractivity contribution is 5.85. The van der Waals surface area contributed by atoms with E-state index in [1.54, 1.807) is 0 Å². The summed E-state index contributed by atoms with van der Waals surface area (Å²) < 4.78 is 0. The van der Waals surface area contributed by atoms with Gasteiger partial charge in [0.15, 0.2) is 0 Å². The van der Waals surface area contributed by atoms with Crippen LogP contribution in [0.15, 0.2) is 24.3 Å². The van der Waals surface area contributed by atoms with Crippen molar-refractivity contribution in [3.05, 3.63) is 35.4 Å². The Balaban J connectivity index is 0.00000169. The molecule has 2 fully saturated rings. The second kappa shape index (κ2) is 11.8. The fourth-order valence-corrected chi connectivity index (χ4v) is 4.07. The van der Waals surface area contributed by atoms with Crippen molar-refractivity contribution in [1.29, 1.82) is 0 Å². The first-order chi connectivity index (χ1) is 11.7. The lowest BCUT2D eigenvalue weighted by Gasteiger charge is -2.32. The zero-order valence-electron chi connectivity index (χ0n) is 15.4. The van der Waals surface area contributed by atoms with Crippen LogP contribution in [0.2, 0.25) is 0 Å². The van der Waals surface area contributed by atoms with Crippen LogP contribution in [0.3, 0.4) is 0 Å². The van der Waals surface area contributed by atoms with E-state index in [9.17, 15) is 4.79 Å². The van der Waals surface area contributed by atoms with Crippen molar-refractivity contribution in [2.75, 3.05) is 26.2 Å². The molecule has 0 saturated carbocycles. The molecule has 1 aromatic rings. The number of benzene rings is 1. The van der Waals surface area contributed by atoms with Crippen molar-refractivity contribution in [3.8, 4) is 0 Å². The summed E-state index contributed by atoms with van der Waals surface area (Å²) in [6, 6.07) is 9.25. The van der Waals surface area contributed by atoms with E-state index >= 15 is 0 Å². The molecule has 0 aliphatic carbocycles. The number of carboxylic acids is 1. The number of halogens is 2. The number of carboxylic acid groups (broad SMARTS) is 1. The standard InChI is InChI=1S/C20H30N2O2.2ClH/c23-20(24)6-3-16-9-13-22(14-10-16)15-17-1-4-18(5-2-17)19-7-11-21-12-8-19;;/h1-2,4-5,16,19,21H,3,6-15H2,(H,23,24);2*1H. The highest BCUT2D eigenvalue weighted by Gasteiger charge is 2.20. The fraction of sp³-hybridized carbons (Fsp3) is 0.650. The van der Waals surface area contributed by atoms with Crippen LogP contribution in [-0.4, -0.2) is 42.2 Å². The molecule has 148 valence electrons. The molecule has 0 spiro atoms. The Hall–Kier alpha value is -0.810. The van der Waals surface area contributed by atoms with E-state index in [1.165, 1.54) is 24.0 Å². The number of carbonyl (C=O) groups is 1. The number of piperidine rings is 2. The smallest absolute Gasteiger partial charge is 0.303 e. The van der Waals surface area contributed by atoms with Gasteiger partial charge in [0.1, 0.15) is 0 Å². The number of hydrogen-bond acceptors (Lipinski definition) is 3. The lowest BCUT2D eigenvalue weighted by molar-refractivity contribution is -0.137. The second-order valence-electron chi connectivity index (χ2n) is 7.42. The lowest BCUT2D eigenvalue weighted by atomic mass is 9.89. The Kier molecular flexibility index (Phi) is 10.6. The summed E-state index contributed by atoms with van der Waals surface area (Å²) >= 11 is 0. The maximum absolute atomic E-state index is 10.7. The highest BCUT2D eigenvalue weighted by atomic mass is 35.5. The van der Waals surface area contributed by atoms with Gasteiger partial charge >= 0.3 is 5.97 Å². The SMILES string of the molecule is Cl.Cl.O=C(O)CCC1CCN(Cc2ccc(C3CCNCC3)cc2)CC1. The van der Waals surface area contributed by atoms with Crippen molar-refractivity contribution in [2.45, 2.75) is 51.0 Å².